The van der Waals surface area contributed by atoms with Gasteiger partial charge in [-0.25, -0.2) is 0 Å². The number of aromatic nitrogens is 3. The van der Waals surface area contributed by atoms with Gasteiger partial charge in [0.05, 0.1) is 16.9 Å². The molecule has 7 aromatic rings. The Hall–Kier alpha value is -4.63. The molecule has 0 aliphatic rings. The minimum atomic E-state index is -2.21. The fraction of sp³-hybridized carbons (Fsp3) is 0.250. The fourth-order valence-corrected chi connectivity index (χ4v) is 6.04. The van der Waals surface area contributed by atoms with Crippen molar-refractivity contribution in [2.75, 3.05) is 0 Å². The first-order chi connectivity index (χ1) is 27.1. The molecule has 0 bridgehead atoms. The van der Waals surface area contributed by atoms with Crippen LogP contribution in [-0.2, 0) is 26.5 Å². The van der Waals surface area contributed by atoms with Crippen LogP contribution in [0.2, 0.25) is 0 Å². The van der Waals surface area contributed by atoms with E-state index >= 15 is 0 Å². The molecule has 4 heteroatoms. The molecule has 0 unspecified atom stereocenters. The first kappa shape index (κ1) is 29.9. The van der Waals surface area contributed by atoms with Crippen LogP contribution < -0.4 is 0 Å². The molecule has 0 atom stereocenters. The van der Waals surface area contributed by atoms with Gasteiger partial charge in [-0.2, -0.15) is 0 Å². The summed E-state index contributed by atoms with van der Waals surface area (Å²) in [6, 6.07) is 44.1. The van der Waals surface area contributed by atoms with Crippen molar-refractivity contribution in [3.8, 4) is 39.5 Å². The van der Waals surface area contributed by atoms with Crippen LogP contribution in [0, 0.1) is 24.4 Å². The van der Waals surface area contributed by atoms with Crippen molar-refractivity contribution in [3.05, 3.63) is 162 Å². The van der Waals surface area contributed by atoms with Crippen LogP contribution in [0.25, 0.3) is 50.5 Å². The summed E-state index contributed by atoms with van der Waals surface area (Å²) in [5.41, 5.74) is 8.97. The number of fused-ring (bicyclic) bond motifs is 1. The van der Waals surface area contributed by atoms with E-state index in [2.05, 4.69) is 17.1 Å². The van der Waals surface area contributed by atoms with E-state index < -0.39 is 30.4 Å². The first-order valence-corrected chi connectivity index (χ1v) is 17.3. The van der Waals surface area contributed by atoms with E-state index in [1.165, 1.54) is 6.07 Å². The SMILES string of the molecule is [2H]C([2H])([2H])c1c[c-]c(-c2nc3ccccc3n2-c2c(C([2H])(C)C)cccc2C([2H])(C)C)cc1.[2H]C([2H])(c1ccc(-c2ccc(-c3[c-]cccc3)nc2)cc1)C(C)(C)C.[Ir]. The Bertz CT molecular complexity index is 2460. The van der Waals surface area contributed by atoms with Crippen LogP contribution >= 0.6 is 0 Å². The van der Waals surface area contributed by atoms with Crippen LogP contribution in [0.4, 0.5) is 0 Å². The number of hydrogen-bond acceptors (Lipinski definition) is 2. The molecule has 3 nitrogen and oxygen atoms in total. The molecule has 0 aliphatic carbocycles. The normalized spacial score (nSPS) is 14.2. The second kappa shape index (κ2) is 16.8. The summed E-state index contributed by atoms with van der Waals surface area (Å²) in [7, 11) is 0. The van der Waals surface area contributed by atoms with E-state index in [0.29, 0.717) is 17.0 Å². The molecular formula is C48H49IrN3-2. The minimum Gasteiger partial charge on any atom is -0.333 e. The van der Waals surface area contributed by atoms with Gasteiger partial charge in [0, 0.05) is 41.6 Å². The topological polar surface area (TPSA) is 30.7 Å². The van der Waals surface area contributed by atoms with Crippen molar-refractivity contribution in [3.63, 3.8) is 0 Å². The number of pyridine rings is 1. The first-order valence-electron chi connectivity index (χ1n) is 20.8. The quantitative estimate of drug-likeness (QED) is 0.149. The Morgan fingerprint density at radius 1 is 0.750 bits per heavy atom. The molecule has 0 saturated carbocycles. The van der Waals surface area contributed by atoms with Gasteiger partial charge in [-0.1, -0.05) is 122 Å². The van der Waals surface area contributed by atoms with Gasteiger partial charge < -0.3 is 9.55 Å². The second-order valence-corrected chi connectivity index (χ2v) is 14.1. The summed E-state index contributed by atoms with van der Waals surface area (Å²) in [4.78, 5) is 9.40. The number of rotatable bonds is 7. The standard InChI is InChI=1S/C26H27N2.C22H22N.Ir/c1-17(2)21-9-8-10-22(18(3)4)25(21)28-24-12-7-6-11-23(24)27-26(28)20-15-13-19(5)14-16-20;1-22(2,3)15-17-9-11-18(12-10-17)20-13-14-21(23-16-20)19-7-5-4-6-8-19;/h6-15,17-18H,1-5H3;4-7,9-14,16H,15H2,1-3H3;/q2*-1;/i5D3,17D,18D;15D2;. The maximum absolute atomic E-state index is 8.83. The van der Waals surface area contributed by atoms with E-state index in [9.17, 15) is 0 Å². The molecule has 0 saturated heterocycles. The zero-order chi connectivity index (χ0) is 42.3. The molecule has 7 rings (SSSR count). The summed E-state index contributed by atoms with van der Waals surface area (Å²) < 4.78 is 59.4. The van der Waals surface area contributed by atoms with Crippen molar-refractivity contribution in [2.24, 2.45) is 5.41 Å². The number of imidazole rings is 1. The Balaban J connectivity index is 0.000000229. The monoisotopic (exact) mass is 867 g/mol. The molecule has 0 N–H and O–H groups in total. The summed E-state index contributed by atoms with van der Waals surface area (Å²) >= 11 is 0. The Morgan fingerprint density at radius 3 is 2.02 bits per heavy atom. The van der Waals surface area contributed by atoms with Crippen LogP contribution in [0.3, 0.4) is 0 Å². The van der Waals surface area contributed by atoms with Gasteiger partial charge in [0.15, 0.2) is 0 Å². The van der Waals surface area contributed by atoms with Gasteiger partial charge in [-0.15, -0.1) is 71.3 Å². The van der Waals surface area contributed by atoms with Gasteiger partial charge in [-0.3, -0.25) is 4.98 Å². The largest absolute Gasteiger partial charge is 0.333 e. The maximum atomic E-state index is 8.83. The Kier molecular flexibility index (Phi) is 9.66. The van der Waals surface area contributed by atoms with Crippen LogP contribution in [-0.4, -0.2) is 14.5 Å². The summed E-state index contributed by atoms with van der Waals surface area (Å²) in [6.45, 7) is 10.9. The van der Waals surface area contributed by atoms with Crippen molar-refractivity contribution in [2.45, 2.75) is 73.5 Å². The van der Waals surface area contributed by atoms with E-state index in [-0.39, 0.29) is 25.7 Å². The summed E-state index contributed by atoms with van der Waals surface area (Å²) in [5, 5.41) is 0. The van der Waals surface area contributed by atoms with Gasteiger partial charge in [-0.05, 0) is 69.2 Å². The van der Waals surface area contributed by atoms with E-state index in [1.807, 2.05) is 162 Å². The molecule has 0 spiro atoms. The van der Waals surface area contributed by atoms with Crippen molar-refractivity contribution in [1.82, 2.24) is 14.5 Å². The fourth-order valence-electron chi connectivity index (χ4n) is 6.04. The third-order valence-electron chi connectivity index (χ3n) is 8.44. The zero-order valence-electron chi connectivity index (χ0n) is 37.8. The molecule has 267 valence electrons. The number of para-hydroxylation sites is 3. The average Bonchev–Trinajstić information content (AvgIpc) is 3.56. The molecule has 2 aromatic heterocycles. The smallest absolute Gasteiger partial charge is 0.0774 e. The molecule has 1 radical (unpaired) electrons. The predicted molar refractivity (Wildman–Crippen MR) is 215 cm³/mol. The van der Waals surface area contributed by atoms with Crippen molar-refractivity contribution >= 4 is 11.0 Å². The molecule has 52 heavy (non-hydrogen) atoms. The second-order valence-electron chi connectivity index (χ2n) is 14.1. The number of nitrogens with zero attached hydrogens (tertiary/aromatic N) is 3. The van der Waals surface area contributed by atoms with Crippen molar-refractivity contribution in [1.29, 1.82) is 0 Å². The average molecular weight is 867 g/mol. The molecule has 5 aromatic carbocycles. The molecule has 0 aliphatic heterocycles. The molecule has 0 fully saturated rings. The van der Waals surface area contributed by atoms with E-state index in [1.54, 1.807) is 12.1 Å². The Labute approximate surface area is 334 Å². The zero-order valence-corrected chi connectivity index (χ0v) is 33.2. The number of aryl methyl sites for hydroxylation is 1. The summed E-state index contributed by atoms with van der Waals surface area (Å²) in [6.07, 6.45) is 0.473. The van der Waals surface area contributed by atoms with Gasteiger partial charge in [0.25, 0.3) is 0 Å². The molecule has 0 amide bonds. The van der Waals surface area contributed by atoms with Gasteiger partial charge in [0.1, 0.15) is 0 Å². The predicted octanol–water partition coefficient (Wildman–Crippen LogP) is 12.8. The number of benzene rings is 5. The van der Waals surface area contributed by atoms with E-state index in [0.717, 1.165) is 50.2 Å². The maximum Gasteiger partial charge on any atom is 0.0774 e. The Morgan fingerprint density at radius 2 is 1.44 bits per heavy atom. The van der Waals surface area contributed by atoms with Crippen LogP contribution in [0.5, 0.6) is 0 Å². The summed E-state index contributed by atoms with van der Waals surface area (Å²) in [5.74, 6) is -1.25. The molecular weight excluding hydrogens is 811 g/mol. The van der Waals surface area contributed by atoms with Gasteiger partial charge >= 0.3 is 0 Å². The number of hydrogen-bond donors (Lipinski definition) is 0. The van der Waals surface area contributed by atoms with Crippen LogP contribution in [0.1, 0.15) is 92.1 Å². The molecule has 2 heterocycles. The van der Waals surface area contributed by atoms with Crippen molar-refractivity contribution < 1.29 is 29.7 Å². The van der Waals surface area contributed by atoms with Gasteiger partial charge in [0.2, 0.25) is 0 Å². The van der Waals surface area contributed by atoms with E-state index in [4.69, 9.17) is 14.6 Å². The third-order valence-corrected chi connectivity index (χ3v) is 8.44. The third kappa shape index (κ3) is 9.05. The minimum absolute atomic E-state index is 0. The van der Waals surface area contributed by atoms with Crippen LogP contribution in [0.15, 0.2) is 128 Å².